The van der Waals surface area contributed by atoms with Crippen molar-refractivity contribution in [2.45, 2.75) is 0 Å². The molecular formula is C20H15N3O3. The van der Waals surface area contributed by atoms with Crippen LogP contribution in [-0.4, -0.2) is 21.6 Å². The molecule has 26 heavy (non-hydrogen) atoms. The third-order valence-corrected chi connectivity index (χ3v) is 4.31. The number of fused-ring (bicyclic) bond motifs is 1. The predicted octanol–water partition coefficient (Wildman–Crippen LogP) is 4.61. The van der Waals surface area contributed by atoms with Crippen molar-refractivity contribution >= 4 is 16.6 Å². The highest BCUT2D eigenvalue weighted by Crippen LogP contribution is 2.32. The Morgan fingerprint density at radius 2 is 1.77 bits per heavy atom. The third-order valence-electron chi connectivity index (χ3n) is 4.31. The molecule has 0 spiro atoms. The maximum Gasteiger partial charge on any atom is 0.269 e. The SMILES string of the molecule is COc1ccc(-c2cc3ccncc3n2-c2ccc([N+](=O)[O-])cc2)cc1. The van der Waals surface area contributed by atoms with Gasteiger partial charge in [0, 0.05) is 29.4 Å². The monoisotopic (exact) mass is 345 g/mol. The van der Waals surface area contributed by atoms with Crippen LogP contribution in [0.5, 0.6) is 5.75 Å². The first kappa shape index (κ1) is 15.8. The zero-order valence-corrected chi connectivity index (χ0v) is 14.0. The van der Waals surface area contributed by atoms with Gasteiger partial charge in [-0.2, -0.15) is 0 Å². The van der Waals surface area contributed by atoms with E-state index in [9.17, 15) is 10.1 Å². The molecule has 2 aromatic carbocycles. The van der Waals surface area contributed by atoms with E-state index in [1.54, 1.807) is 31.6 Å². The van der Waals surface area contributed by atoms with Crippen LogP contribution in [0.3, 0.4) is 0 Å². The third kappa shape index (κ3) is 2.67. The Balaban J connectivity index is 1.92. The van der Waals surface area contributed by atoms with Gasteiger partial charge in [-0.25, -0.2) is 0 Å². The van der Waals surface area contributed by atoms with E-state index < -0.39 is 4.92 Å². The minimum atomic E-state index is -0.399. The largest absolute Gasteiger partial charge is 0.497 e. The van der Waals surface area contributed by atoms with E-state index in [2.05, 4.69) is 11.1 Å². The lowest BCUT2D eigenvalue weighted by atomic mass is 10.1. The normalized spacial score (nSPS) is 10.8. The Morgan fingerprint density at radius 3 is 2.42 bits per heavy atom. The van der Waals surface area contributed by atoms with Crippen molar-refractivity contribution in [3.8, 4) is 22.7 Å². The molecule has 128 valence electrons. The molecule has 2 heterocycles. The molecule has 0 fully saturated rings. The number of aromatic nitrogens is 2. The zero-order valence-electron chi connectivity index (χ0n) is 14.0. The second-order valence-corrected chi connectivity index (χ2v) is 5.80. The lowest BCUT2D eigenvalue weighted by Gasteiger charge is -2.11. The number of nitrogens with zero attached hydrogens (tertiary/aromatic N) is 3. The van der Waals surface area contributed by atoms with E-state index in [1.165, 1.54) is 12.1 Å². The van der Waals surface area contributed by atoms with Crippen LogP contribution in [0.25, 0.3) is 27.8 Å². The van der Waals surface area contributed by atoms with Crippen molar-refractivity contribution in [2.75, 3.05) is 7.11 Å². The molecule has 0 aliphatic rings. The van der Waals surface area contributed by atoms with Gasteiger partial charge in [0.25, 0.3) is 5.69 Å². The summed E-state index contributed by atoms with van der Waals surface area (Å²) >= 11 is 0. The zero-order chi connectivity index (χ0) is 18.1. The average molecular weight is 345 g/mol. The second kappa shape index (κ2) is 6.33. The number of hydrogen-bond donors (Lipinski definition) is 0. The Hall–Kier alpha value is -3.67. The van der Waals surface area contributed by atoms with Gasteiger partial charge in [0.05, 0.1) is 29.4 Å². The van der Waals surface area contributed by atoms with Gasteiger partial charge in [0.1, 0.15) is 5.75 Å². The molecule has 0 atom stereocenters. The van der Waals surface area contributed by atoms with Crippen LogP contribution in [-0.2, 0) is 0 Å². The number of nitro benzene ring substituents is 1. The molecule has 0 saturated heterocycles. The predicted molar refractivity (Wildman–Crippen MR) is 99.7 cm³/mol. The summed E-state index contributed by atoms with van der Waals surface area (Å²) in [6.07, 6.45) is 3.55. The van der Waals surface area contributed by atoms with Crippen LogP contribution in [0.15, 0.2) is 73.1 Å². The summed E-state index contributed by atoms with van der Waals surface area (Å²) in [6, 6.07) is 18.3. The van der Waals surface area contributed by atoms with Crippen molar-refractivity contribution in [1.29, 1.82) is 0 Å². The molecule has 0 amide bonds. The number of non-ortho nitro benzene ring substituents is 1. The van der Waals surface area contributed by atoms with Gasteiger partial charge in [0.2, 0.25) is 0 Å². The summed E-state index contributed by atoms with van der Waals surface area (Å²) in [7, 11) is 1.63. The molecular weight excluding hydrogens is 330 g/mol. The Morgan fingerprint density at radius 1 is 1.04 bits per heavy atom. The lowest BCUT2D eigenvalue weighted by Crippen LogP contribution is -1.97. The minimum absolute atomic E-state index is 0.0642. The molecule has 0 bridgehead atoms. The van der Waals surface area contributed by atoms with E-state index in [0.29, 0.717) is 0 Å². The summed E-state index contributed by atoms with van der Waals surface area (Å²) in [5, 5.41) is 12.0. The first-order valence-corrected chi connectivity index (χ1v) is 8.02. The Bertz CT molecular complexity index is 1080. The first-order chi connectivity index (χ1) is 12.7. The van der Waals surface area contributed by atoms with Crippen LogP contribution < -0.4 is 4.74 Å². The highest BCUT2D eigenvalue weighted by Gasteiger charge is 2.14. The fraction of sp³-hybridized carbons (Fsp3) is 0.0500. The van der Waals surface area contributed by atoms with E-state index in [-0.39, 0.29) is 5.69 Å². The molecule has 6 heteroatoms. The fourth-order valence-electron chi connectivity index (χ4n) is 3.02. The molecule has 4 aromatic rings. The van der Waals surface area contributed by atoms with Crippen LogP contribution in [0.1, 0.15) is 0 Å². The van der Waals surface area contributed by atoms with Crippen LogP contribution in [0.4, 0.5) is 5.69 Å². The molecule has 0 N–H and O–H groups in total. The molecule has 0 aliphatic heterocycles. The van der Waals surface area contributed by atoms with Gasteiger partial charge in [-0.05, 0) is 54.1 Å². The van der Waals surface area contributed by atoms with Gasteiger partial charge >= 0.3 is 0 Å². The maximum absolute atomic E-state index is 10.9. The number of hydrogen-bond acceptors (Lipinski definition) is 4. The summed E-state index contributed by atoms with van der Waals surface area (Å²) in [5.41, 5.74) is 3.83. The highest BCUT2D eigenvalue weighted by atomic mass is 16.6. The fourth-order valence-corrected chi connectivity index (χ4v) is 3.02. The number of pyridine rings is 1. The number of methoxy groups -OCH3 is 1. The number of ether oxygens (including phenoxy) is 1. The van der Waals surface area contributed by atoms with Crippen LogP contribution >= 0.6 is 0 Å². The van der Waals surface area contributed by atoms with Gasteiger partial charge in [-0.3, -0.25) is 15.1 Å². The number of benzene rings is 2. The molecule has 4 rings (SSSR count). The summed E-state index contributed by atoms with van der Waals surface area (Å²) < 4.78 is 7.28. The lowest BCUT2D eigenvalue weighted by molar-refractivity contribution is -0.384. The summed E-state index contributed by atoms with van der Waals surface area (Å²) in [4.78, 5) is 14.8. The van der Waals surface area contributed by atoms with Crippen LogP contribution in [0, 0.1) is 10.1 Å². The van der Waals surface area contributed by atoms with E-state index in [4.69, 9.17) is 4.74 Å². The summed E-state index contributed by atoms with van der Waals surface area (Å²) in [6.45, 7) is 0. The first-order valence-electron chi connectivity index (χ1n) is 8.02. The summed E-state index contributed by atoms with van der Waals surface area (Å²) in [5.74, 6) is 0.786. The molecule has 0 aliphatic carbocycles. The second-order valence-electron chi connectivity index (χ2n) is 5.80. The average Bonchev–Trinajstić information content (AvgIpc) is 3.07. The Labute approximate surface area is 149 Å². The van der Waals surface area contributed by atoms with Gasteiger partial charge in [-0.1, -0.05) is 0 Å². The van der Waals surface area contributed by atoms with Crippen molar-refractivity contribution in [1.82, 2.24) is 9.55 Å². The van der Waals surface area contributed by atoms with Crippen molar-refractivity contribution in [3.63, 3.8) is 0 Å². The van der Waals surface area contributed by atoms with E-state index >= 15 is 0 Å². The molecule has 0 unspecified atom stereocenters. The van der Waals surface area contributed by atoms with Gasteiger partial charge in [-0.15, -0.1) is 0 Å². The van der Waals surface area contributed by atoms with E-state index in [1.807, 2.05) is 34.9 Å². The number of rotatable bonds is 4. The van der Waals surface area contributed by atoms with Crippen molar-refractivity contribution in [2.24, 2.45) is 0 Å². The van der Waals surface area contributed by atoms with Crippen LogP contribution in [0.2, 0.25) is 0 Å². The maximum atomic E-state index is 10.9. The molecule has 0 radical (unpaired) electrons. The van der Waals surface area contributed by atoms with Gasteiger partial charge in [0.15, 0.2) is 0 Å². The smallest absolute Gasteiger partial charge is 0.269 e. The minimum Gasteiger partial charge on any atom is -0.497 e. The van der Waals surface area contributed by atoms with Gasteiger partial charge < -0.3 is 9.30 Å². The molecule has 0 saturated carbocycles. The standard InChI is InChI=1S/C20H15N3O3/c1-26-18-8-2-14(3-9-18)19-12-15-10-11-21-13-20(15)22(19)16-4-6-17(7-5-16)23(24)25/h2-13H,1H3. The Kier molecular flexibility index (Phi) is 3.85. The quantitative estimate of drug-likeness (QED) is 0.400. The van der Waals surface area contributed by atoms with E-state index in [0.717, 1.165) is 33.6 Å². The number of nitro groups is 1. The highest BCUT2D eigenvalue weighted by molar-refractivity contribution is 5.88. The molecule has 2 aromatic heterocycles. The van der Waals surface area contributed by atoms with Crippen molar-refractivity contribution < 1.29 is 9.66 Å². The molecule has 6 nitrogen and oxygen atoms in total. The van der Waals surface area contributed by atoms with Crippen molar-refractivity contribution in [3.05, 3.63) is 83.2 Å². The topological polar surface area (TPSA) is 70.2 Å².